The first-order chi connectivity index (χ1) is 9.69. The van der Waals surface area contributed by atoms with Crippen molar-refractivity contribution in [1.29, 1.82) is 0 Å². The van der Waals surface area contributed by atoms with Crippen molar-refractivity contribution in [2.75, 3.05) is 45.9 Å². The van der Waals surface area contributed by atoms with Crippen molar-refractivity contribution in [2.24, 2.45) is 0 Å². The maximum atomic E-state index is 12.4. The summed E-state index contributed by atoms with van der Waals surface area (Å²) < 4.78 is 37.1. The minimum atomic E-state index is -4.12. The molecule has 1 aliphatic heterocycles. The Hall–Kier alpha value is -0.370. The predicted octanol–water partition coefficient (Wildman–Crippen LogP) is 1.31. The number of nitrogens with zero attached hydrogens (tertiary/aromatic N) is 2. The molecule has 0 amide bonds. The lowest BCUT2D eigenvalue weighted by Gasteiger charge is -2.41. The standard InChI is InChI=1S/C14H28F3N3O/c1-4-18-13(3,11-21)9-12(2)20-7-5-19(6-8-20)10-14(15,16)17/h12,18,21H,4-11H2,1-3H3. The van der Waals surface area contributed by atoms with Crippen LogP contribution in [0.1, 0.15) is 27.2 Å². The van der Waals surface area contributed by atoms with E-state index >= 15 is 0 Å². The number of likely N-dealkylation sites (N-methyl/N-ethyl adjacent to an activating group) is 1. The highest BCUT2D eigenvalue weighted by atomic mass is 19.4. The van der Waals surface area contributed by atoms with Crippen molar-refractivity contribution in [3.8, 4) is 0 Å². The van der Waals surface area contributed by atoms with Gasteiger partial charge in [0.25, 0.3) is 0 Å². The zero-order valence-corrected chi connectivity index (χ0v) is 13.2. The summed E-state index contributed by atoms with van der Waals surface area (Å²) in [5.74, 6) is 0. The first-order valence-corrected chi connectivity index (χ1v) is 7.58. The Labute approximate surface area is 125 Å². The third-order valence-corrected chi connectivity index (χ3v) is 4.13. The molecule has 0 bridgehead atoms. The Balaban J connectivity index is 2.43. The van der Waals surface area contributed by atoms with E-state index in [1.807, 2.05) is 13.8 Å². The number of rotatable bonds is 7. The van der Waals surface area contributed by atoms with Gasteiger partial charge in [0.15, 0.2) is 0 Å². The Morgan fingerprint density at radius 1 is 1.19 bits per heavy atom. The fourth-order valence-electron chi connectivity index (χ4n) is 3.02. The molecular formula is C14H28F3N3O. The van der Waals surface area contributed by atoms with E-state index < -0.39 is 12.7 Å². The predicted molar refractivity (Wildman–Crippen MR) is 77.3 cm³/mol. The van der Waals surface area contributed by atoms with Gasteiger partial charge in [-0.25, -0.2) is 0 Å². The Morgan fingerprint density at radius 2 is 1.76 bits per heavy atom. The summed E-state index contributed by atoms with van der Waals surface area (Å²) >= 11 is 0. The quantitative estimate of drug-likeness (QED) is 0.743. The third-order valence-electron chi connectivity index (χ3n) is 4.13. The van der Waals surface area contributed by atoms with Gasteiger partial charge in [-0.3, -0.25) is 9.80 Å². The van der Waals surface area contributed by atoms with Crippen LogP contribution in [-0.4, -0.2) is 78.5 Å². The molecule has 1 saturated heterocycles. The van der Waals surface area contributed by atoms with E-state index in [4.69, 9.17) is 0 Å². The van der Waals surface area contributed by atoms with Crippen LogP contribution in [0.3, 0.4) is 0 Å². The zero-order chi connectivity index (χ0) is 16.1. The molecule has 1 fully saturated rings. The number of hydrogen-bond donors (Lipinski definition) is 2. The van der Waals surface area contributed by atoms with E-state index in [9.17, 15) is 18.3 Å². The van der Waals surface area contributed by atoms with Crippen molar-refractivity contribution in [1.82, 2.24) is 15.1 Å². The lowest BCUT2D eigenvalue weighted by molar-refractivity contribution is -0.149. The summed E-state index contributed by atoms with van der Waals surface area (Å²) in [7, 11) is 0. The average molecular weight is 311 g/mol. The number of halogens is 3. The second kappa shape index (κ2) is 7.76. The van der Waals surface area contributed by atoms with Gasteiger partial charge >= 0.3 is 6.18 Å². The normalized spacial score (nSPS) is 23.0. The highest BCUT2D eigenvalue weighted by Gasteiger charge is 2.34. The van der Waals surface area contributed by atoms with Gasteiger partial charge in [0.05, 0.1) is 13.2 Å². The highest BCUT2D eigenvalue weighted by molar-refractivity contribution is 4.88. The topological polar surface area (TPSA) is 38.7 Å². The Bertz CT molecular complexity index is 306. The molecule has 4 nitrogen and oxygen atoms in total. The molecule has 7 heteroatoms. The van der Waals surface area contributed by atoms with Gasteiger partial charge in [0, 0.05) is 37.8 Å². The van der Waals surface area contributed by atoms with E-state index in [-0.39, 0.29) is 18.2 Å². The van der Waals surface area contributed by atoms with Crippen LogP contribution in [-0.2, 0) is 0 Å². The summed E-state index contributed by atoms with van der Waals surface area (Å²) in [4.78, 5) is 3.66. The maximum absolute atomic E-state index is 12.4. The van der Waals surface area contributed by atoms with Crippen LogP contribution in [0, 0.1) is 0 Å². The first-order valence-electron chi connectivity index (χ1n) is 7.58. The monoisotopic (exact) mass is 311 g/mol. The Morgan fingerprint density at radius 3 is 2.19 bits per heavy atom. The number of aliphatic hydroxyl groups excluding tert-OH is 1. The lowest BCUT2D eigenvalue weighted by atomic mass is 9.93. The molecule has 1 rings (SSSR count). The number of alkyl halides is 3. The van der Waals surface area contributed by atoms with E-state index in [0.717, 1.165) is 13.0 Å². The molecule has 0 spiro atoms. The second-order valence-electron chi connectivity index (χ2n) is 6.23. The molecule has 0 aromatic heterocycles. The van der Waals surface area contributed by atoms with E-state index in [0.29, 0.717) is 26.2 Å². The van der Waals surface area contributed by atoms with E-state index in [2.05, 4.69) is 17.1 Å². The van der Waals surface area contributed by atoms with Crippen LogP contribution in [0.5, 0.6) is 0 Å². The number of nitrogens with one attached hydrogen (secondary N) is 1. The second-order valence-corrected chi connectivity index (χ2v) is 6.23. The number of aliphatic hydroxyl groups is 1. The van der Waals surface area contributed by atoms with Crippen molar-refractivity contribution in [3.05, 3.63) is 0 Å². The van der Waals surface area contributed by atoms with Crippen LogP contribution in [0.25, 0.3) is 0 Å². The summed E-state index contributed by atoms with van der Waals surface area (Å²) in [6, 6.07) is 0.231. The molecule has 1 heterocycles. The fraction of sp³-hybridized carbons (Fsp3) is 1.00. The minimum absolute atomic E-state index is 0.0548. The van der Waals surface area contributed by atoms with Crippen molar-refractivity contribution in [2.45, 2.75) is 44.9 Å². The molecule has 0 saturated carbocycles. The van der Waals surface area contributed by atoms with Crippen molar-refractivity contribution < 1.29 is 18.3 Å². The minimum Gasteiger partial charge on any atom is -0.394 e. The van der Waals surface area contributed by atoms with Gasteiger partial charge in [-0.05, 0) is 26.8 Å². The van der Waals surface area contributed by atoms with Crippen molar-refractivity contribution >= 4 is 0 Å². The molecule has 21 heavy (non-hydrogen) atoms. The SMILES string of the molecule is CCNC(C)(CO)CC(C)N1CCN(CC(F)(F)F)CC1. The summed E-state index contributed by atoms with van der Waals surface area (Å²) in [6.07, 6.45) is -3.34. The molecule has 1 aliphatic rings. The molecule has 2 unspecified atom stereocenters. The summed E-state index contributed by atoms with van der Waals surface area (Å²) in [5, 5.41) is 12.8. The Kier molecular flexibility index (Phi) is 6.90. The summed E-state index contributed by atoms with van der Waals surface area (Å²) in [5.41, 5.74) is -0.336. The highest BCUT2D eigenvalue weighted by Crippen LogP contribution is 2.20. The van der Waals surface area contributed by atoms with Gasteiger partial charge < -0.3 is 10.4 Å². The van der Waals surface area contributed by atoms with Crippen LogP contribution in [0.4, 0.5) is 13.2 Å². The average Bonchev–Trinajstić information content (AvgIpc) is 2.37. The number of hydrogen-bond acceptors (Lipinski definition) is 4. The molecule has 0 aromatic rings. The van der Waals surface area contributed by atoms with Crippen LogP contribution in [0.15, 0.2) is 0 Å². The van der Waals surface area contributed by atoms with Crippen LogP contribution >= 0.6 is 0 Å². The first kappa shape index (κ1) is 18.7. The third kappa shape index (κ3) is 6.50. The van der Waals surface area contributed by atoms with Gasteiger partial charge in [0.1, 0.15) is 0 Å². The van der Waals surface area contributed by atoms with Crippen LogP contribution < -0.4 is 5.32 Å². The van der Waals surface area contributed by atoms with Gasteiger partial charge in [-0.15, -0.1) is 0 Å². The van der Waals surface area contributed by atoms with Crippen molar-refractivity contribution in [3.63, 3.8) is 0 Å². The molecule has 2 atom stereocenters. The summed E-state index contributed by atoms with van der Waals surface area (Å²) in [6.45, 7) is 8.24. The fourth-order valence-corrected chi connectivity index (χ4v) is 3.02. The molecule has 0 aliphatic carbocycles. The maximum Gasteiger partial charge on any atom is 0.401 e. The van der Waals surface area contributed by atoms with E-state index in [1.54, 1.807) is 0 Å². The van der Waals surface area contributed by atoms with Gasteiger partial charge in [-0.2, -0.15) is 13.2 Å². The largest absolute Gasteiger partial charge is 0.401 e. The van der Waals surface area contributed by atoms with E-state index in [1.165, 1.54) is 4.90 Å². The molecule has 2 N–H and O–H groups in total. The molecule has 0 radical (unpaired) electrons. The molecule has 126 valence electrons. The lowest BCUT2D eigenvalue weighted by Crippen LogP contribution is -2.55. The molecule has 0 aromatic carbocycles. The van der Waals surface area contributed by atoms with Gasteiger partial charge in [0.2, 0.25) is 0 Å². The van der Waals surface area contributed by atoms with Gasteiger partial charge in [-0.1, -0.05) is 6.92 Å². The smallest absolute Gasteiger partial charge is 0.394 e. The number of piperazine rings is 1. The molecular weight excluding hydrogens is 283 g/mol. The zero-order valence-electron chi connectivity index (χ0n) is 13.2. The van der Waals surface area contributed by atoms with Crippen LogP contribution in [0.2, 0.25) is 0 Å².